The Bertz CT molecular complexity index is 605. The summed E-state index contributed by atoms with van der Waals surface area (Å²) in [6.07, 6.45) is 0. The van der Waals surface area contributed by atoms with Crippen molar-refractivity contribution in [2.45, 2.75) is 0 Å². The number of hydrogen-bond donors (Lipinski definition) is 1. The average Bonchev–Trinajstić information content (AvgIpc) is 2.46. The molecule has 0 fully saturated rings. The van der Waals surface area contributed by atoms with E-state index >= 15 is 0 Å². The van der Waals surface area contributed by atoms with E-state index in [4.69, 9.17) is 14.6 Å². The number of carboxylic acid groups (broad SMARTS) is 1. The van der Waals surface area contributed by atoms with E-state index in [0.717, 1.165) is 11.1 Å². The van der Waals surface area contributed by atoms with Crippen LogP contribution in [0.25, 0.3) is 11.1 Å². The van der Waals surface area contributed by atoms with Gasteiger partial charge in [0.25, 0.3) is 0 Å². The zero-order chi connectivity index (χ0) is 13.8. The van der Waals surface area contributed by atoms with Crippen LogP contribution in [0.3, 0.4) is 0 Å². The van der Waals surface area contributed by atoms with Gasteiger partial charge in [0, 0.05) is 5.56 Å². The Morgan fingerprint density at radius 1 is 1.05 bits per heavy atom. The summed E-state index contributed by atoms with van der Waals surface area (Å²) in [4.78, 5) is 11.0. The second-order valence-corrected chi connectivity index (χ2v) is 3.95. The lowest BCUT2D eigenvalue weighted by Gasteiger charge is -2.10. The first-order valence-electron chi connectivity index (χ1n) is 5.71. The molecule has 0 aliphatic rings. The Morgan fingerprint density at radius 3 is 2.47 bits per heavy atom. The molecule has 0 amide bonds. The molecule has 0 radical (unpaired) electrons. The van der Waals surface area contributed by atoms with Crippen molar-refractivity contribution in [3.8, 4) is 22.6 Å². The average molecular weight is 258 g/mol. The van der Waals surface area contributed by atoms with Crippen LogP contribution in [0.15, 0.2) is 42.5 Å². The predicted octanol–water partition coefficient (Wildman–Crippen LogP) is 3.07. The van der Waals surface area contributed by atoms with Gasteiger partial charge in [-0.3, -0.25) is 0 Å². The highest BCUT2D eigenvalue weighted by atomic mass is 16.5. The van der Waals surface area contributed by atoms with Gasteiger partial charge in [0.15, 0.2) is 0 Å². The largest absolute Gasteiger partial charge is 0.497 e. The summed E-state index contributed by atoms with van der Waals surface area (Å²) in [6, 6.07) is 12.2. The van der Waals surface area contributed by atoms with Crippen molar-refractivity contribution in [1.82, 2.24) is 0 Å². The Morgan fingerprint density at radius 2 is 1.84 bits per heavy atom. The lowest BCUT2D eigenvalue weighted by atomic mass is 10.0. The van der Waals surface area contributed by atoms with Crippen LogP contribution in [0.2, 0.25) is 0 Å². The minimum atomic E-state index is -0.966. The number of methoxy groups -OCH3 is 2. The van der Waals surface area contributed by atoms with Crippen LogP contribution in [-0.2, 0) is 0 Å². The van der Waals surface area contributed by atoms with Crippen LogP contribution in [0, 0.1) is 0 Å². The van der Waals surface area contributed by atoms with Gasteiger partial charge in [-0.25, -0.2) is 4.79 Å². The van der Waals surface area contributed by atoms with Gasteiger partial charge in [-0.05, 0) is 35.9 Å². The van der Waals surface area contributed by atoms with Crippen molar-refractivity contribution in [1.29, 1.82) is 0 Å². The van der Waals surface area contributed by atoms with Gasteiger partial charge >= 0.3 is 5.97 Å². The van der Waals surface area contributed by atoms with Gasteiger partial charge in [-0.1, -0.05) is 12.1 Å². The number of rotatable bonds is 4. The quantitative estimate of drug-likeness (QED) is 0.915. The molecule has 0 saturated heterocycles. The van der Waals surface area contributed by atoms with E-state index in [1.54, 1.807) is 26.4 Å². The summed E-state index contributed by atoms with van der Waals surface area (Å²) in [5.74, 6) is 0.366. The summed E-state index contributed by atoms with van der Waals surface area (Å²) < 4.78 is 10.4. The minimum Gasteiger partial charge on any atom is -0.497 e. The van der Waals surface area contributed by atoms with Gasteiger partial charge in [0.2, 0.25) is 0 Å². The minimum absolute atomic E-state index is 0.221. The molecule has 4 heteroatoms. The Labute approximate surface area is 111 Å². The molecule has 0 aromatic heterocycles. The van der Waals surface area contributed by atoms with Crippen LogP contribution in [0.1, 0.15) is 10.4 Å². The highest BCUT2D eigenvalue weighted by molar-refractivity contribution is 5.90. The third-order valence-corrected chi connectivity index (χ3v) is 2.83. The molecule has 0 aliphatic carbocycles. The van der Waals surface area contributed by atoms with E-state index in [-0.39, 0.29) is 5.56 Å². The van der Waals surface area contributed by atoms with Crippen molar-refractivity contribution < 1.29 is 19.4 Å². The van der Waals surface area contributed by atoms with Crippen LogP contribution in [-0.4, -0.2) is 25.3 Å². The zero-order valence-electron chi connectivity index (χ0n) is 10.7. The fourth-order valence-electron chi connectivity index (χ4n) is 1.86. The van der Waals surface area contributed by atoms with Crippen LogP contribution in [0.4, 0.5) is 0 Å². The molecule has 2 aromatic rings. The monoisotopic (exact) mass is 258 g/mol. The molecule has 0 unspecified atom stereocenters. The maximum absolute atomic E-state index is 11.0. The molecule has 4 nitrogen and oxygen atoms in total. The molecule has 0 atom stereocenters. The third-order valence-electron chi connectivity index (χ3n) is 2.83. The molecule has 2 aromatic carbocycles. The smallest absolute Gasteiger partial charge is 0.335 e. The lowest BCUT2D eigenvalue weighted by molar-refractivity contribution is 0.0697. The maximum Gasteiger partial charge on any atom is 0.335 e. The molecule has 0 heterocycles. The van der Waals surface area contributed by atoms with Crippen molar-refractivity contribution >= 4 is 5.97 Å². The SMILES string of the molecule is COc1cccc(-c2cc(C(=O)O)ccc2OC)c1. The Hall–Kier alpha value is -2.49. The Balaban J connectivity index is 2.57. The van der Waals surface area contributed by atoms with Gasteiger partial charge in [0.05, 0.1) is 19.8 Å². The number of hydrogen-bond acceptors (Lipinski definition) is 3. The first kappa shape index (κ1) is 13.0. The molecule has 0 aliphatic heterocycles. The van der Waals surface area contributed by atoms with Crippen molar-refractivity contribution in [2.24, 2.45) is 0 Å². The Kier molecular flexibility index (Phi) is 3.71. The first-order chi connectivity index (χ1) is 9.15. The predicted molar refractivity (Wildman–Crippen MR) is 71.9 cm³/mol. The molecule has 2 rings (SSSR count). The van der Waals surface area contributed by atoms with Crippen molar-refractivity contribution in [2.75, 3.05) is 14.2 Å². The van der Waals surface area contributed by atoms with E-state index in [2.05, 4.69) is 0 Å². The molecule has 98 valence electrons. The fourth-order valence-corrected chi connectivity index (χ4v) is 1.86. The molecule has 19 heavy (non-hydrogen) atoms. The van der Waals surface area contributed by atoms with Crippen molar-refractivity contribution in [3.05, 3.63) is 48.0 Å². The fraction of sp³-hybridized carbons (Fsp3) is 0.133. The number of carbonyl (C=O) groups is 1. The highest BCUT2D eigenvalue weighted by Crippen LogP contribution is 2.32. The van der Waals surface area contributed by atoms with Gasteiger partial charge in [-0.2, -0.15) is 0 Å². The molecule has 0 spiro atoms. The second kappa shape index (κ2) is 5.44. The van der Waals surface area contributed by atoms with Crippen molar-refractivity contribution in [3.63, 3.8) is 0 Å². The third kappa shape index (κ3) is 2.68. The first-order valence-corrected chi connectivity index (χ1v) is 5.71. The van der Waals surface area contributed by atoms with Crippen LogP contribution in [0.5, 0.6) is 11.5 Å². The standard InChI is InChI=1S/C15H14O4/c1-18-12-5-3-4-10(8-12)13-9-11(15(16)17)6-7-14(13)19-2/h3-9H,1-2H3,(H,16,17). The number of benzene rings is 2. The molecule has 1 N–H and O–H groups in total. The normalized spacial score (nSPS) is 10.0. The summed E-state index contributed by atoms with van der Waals surface area (Å²) in [6.45, 7) is 0. The highest BCUT2D eigenvalue weighted by Gasteiger charge is 2.11. The molecular formula is C15H14O4. The summed E-state index contributed by atoms with van der Waals surface area (Å²) in [5, 5.41) is 9.06. The maximum atomic E-state index is 11.0. The number of carboxylic acids is 1. The van der Waals surface area contributed by atoms with E-state index in [1.165, 1.54) is 6.07 Å². The van der Waals surface area contributed by atoms with Gasteiger partial charge in [-0.15, -0.1) is 0 Å². The molecular weight excluding hydrogens is 244 g/mol. The molecule has 0 saturated carbocycles. The van der Waals surface area contributed by atoms with Gasteiger partial charge < -0.3 is 14.6 Å². The van der Waals surface area contributed by atoms with E-state index in [1.807, 2.05) is 24.3 Å². The van der Waals surface area contributed by atoms with Crippen LogP contribution >= 0.6 is 0 Å². The van der Waals surface area contributed by atoms with Crippen LogP contribution < -0.4 is 9.47 Å². The topological polar surface area (TPSA) is 55.8 Å². The number of aromatic carboxylic acids is 1. The molecule has 0 bridgehead atoms. The zero-order valence-corrected chi connectivity index (χ0v) is 10.7. The van der Waals surface area contributed by atoms with E-state index < -0.39 is 5.97 Å². The van der Waals surface area contributed by atoms with E-state index in [0.29, 0.717) is 11.5 Å². The summed E-state index contributed by atoms with van der Waals surface area (Å²) in [7, 11) is 3.14. The van der Waals surface area contributed by atoms with Gasteiger partial charge in [0.1, 0.15) is 11.5 Å². The van der Waals surface area contributed by atoms with E-state index in [9.17, 15) is 4.79 Å². The number of ether oxygens (including phenoxy) is 2. The summed E-state index contributed by atoms with van der Waals surface area (Å²) >= 11 is 0. The summed E-state index contributed by atoms with van der Waals surface area (Å²) in [5.41, 5.74) is 1.79. The lowest BCUT2D eigenvalue weighted by Crippen LogP contribution is -1.98. The second-order valence-electron chi connectivity index (χ2n) is 3.95.